The molecule has 162 valence electrons. The van der Waals surface area contributed by atoms with Crippen molar-refractivity contribution in [2.75, 3.05) is 43.5 Å². The van der Waals surface area contributed by atoms with Crippen LogP contribution in [0.4, 0.5) is 11.5 Å². The zero-order valence-electron chi connectivity index (χ0n) is 17.0. The third-order valence-corrected chi connectivity index (χ3v) is 5.42. The molecule has 1 fully saturated rings. The number of amides is 2. The van der Waals surface area contributed by atoms with Crippen LogP contribution >= 0.6 is 11.6 Å². The van der Waals surface area contributed by atoms with Crippen molar-refractivity contribution in [3.8, 4) is 5.75 Å². The van der Waals surface area contributed by atoms with E-state index in [0.717, 1.165) is 18.9 Å². The topological polar surface area (TPSA) is 99.2 Å². The highest BCUT2D eigenvalue weighted by molar-refractivity contribution is 6.31. The van der Waals surface area contributed by atoms with Gasteiger partial charge in [-0.1, -0.05) is 17.7 Å². The Morgan fingerprint density at radius 3 is 2.68 bits per heavy atom. The first-order valence-corrected chi connectivity index (χ1v) is 10.3. The standard InChI is InChI=1S/C21H23ClN6O3/c1-31-17-6-5-14(22)12-15(17)24-20(30)16-13-19(29)26-21(25-16)28-10-8-27(9-11-28)18-4-2-3-7-23-18/h2-7,12,16H,8-11,13H2,1H3,(H,24,30)(H,25,26,29)/t16-/m1/s1. The highest BCUT2D eigenvalue weighted by Gasteiger charge is 2.31. The molecule has 0 unspecified atom stereocenters. The van der Waals surface area contributed by atoms with Gasteiger partial charge in [-0.3, -0.25) is 14.9 Å². The molecule has 0 saturated carbocycles. The number of carbonyl (C=O) groups excluding carboxylic acids is 2. The van der Waals surface area contributed by atoms with Crippen molar-refractivity contribution < 1.29 is 14.3 Å². The number of ether oxygens (including phenoxy) is 1. The van der Waals surface area contributed by atoms with Gasteiger partial charge in [0.2, 0.25) is 17.8 Å². The van der Waals surface area contributed by atoms with Crippen molar-refractivity contribution in [2.24, 2.45) is 4.99 Å². The van der Waals surface area contributed by atoms with E-state index in [-0.39, 0.29) is 18.2 Å². The molecule has 0 aliphatic carbocycles. The number of nitrogens with one attached hydrogen (secondary N) is 2. The van der Waals surface area contributed by atoms with Gasteiger partial charge in [0.05, 0.1) is 19.2 Å². The van der Waals surface area contributed by atoms with Gasteiger partial charge in [-0.05, 0) is 30.3 Å². The predicted molar refractivity (Wildman–Crippen MR) is 119 cm³/mol. The summed E-state index contributed by atoms with van der Waals surface area (Å²) < 4.78 is 5.27. The van der Waals surface area contributed by atoms with Crippen LogP contribution in [-0.2, 0) is 9.59 Å². The molecule has 2 N–H and O–H groups in total. The lowest BCUT2D eigenvalue weighted by Crippen LogP contribution is -2.56. The zero-order chi connectivity index (χ0) is 21.8. The molecule has 2 aromatic rings. The zero-order valence-corrected chi connectivity index (χ0v) is 17.8. The summed E-state index contributed by atoms with van der Waals surface area (Å²) in [6.07, 6.45) is 1.75. The molecular weight excluding hydrogens is 420 g/mol. The van der Waals surface area contributed by atoms with Crippen LogP contribution in [0.2, 0.25) is 5.02 Å². The first-order valence-electron chi connectivity index (χ1n) is 9.96. The lowest BCUT2D eigenvalue weighted by Gasteiger charge is -2.38. The van der Waals surface area contributed by atoms with Gasteiger partial charge in [-0.15, -0.1) is 0 Å². The maximum atomic E-state index is 12.8. The fraction of sp³-hybridized carbons (Fsp3) is 0.333. The van der Waals surface area contributed by atoms with Gasteiger partial charge in [-0.2, -0.15) is 0 Å². The van der Waals surface area contributed by atoms with E-state index in [1.807, 2.05) is 23.1 Å². The maximum Gasteiger partial charge on any atom is 0.249 e. The third-order valence-electron chi connectivity index (χ3n) is 5.18. The second kappa shape index (κ2) is 9.22. The molecule has 0 radical (unpaired) electrons. The van der Waals surface area contributed by atoms with E-state index in [9.17, 15) is 9.59 Å². The van der Waals surface area contributed by atoms with Crippen LogP contribution in [0.3, 0.4) is 0 Å². The Morgan fingerprint density at radius 1 is 1.19 bits per heavy atom. The van der Waals surface area contributed by atoms with Crippen LogP contribution in [0.25, 0.3) is 0 Å². The van der Waals surface area contributed by atoms with E-state index in [2.05, 4.69) is 25.5 Å². The van der Waals surface area contributed by atoms with Crippen LogP contribution in [-0.4, -0.2) is 67.0 Å². The Kier molecular flexibility index (Phi) is 6.22. The fourth-order valence-electron chi connectivity index (χ4n) is 3.57. The molecule has 3 heterocycles. The number of rotatable bonds is 4. The van der Waals surface area contributed by atoms with E-state index in [0.29, 0.717) is 35.5 Å². The fourth-order valence-corrected chi connectivity index (χ4v) is 3.74. The molecule has 2 aliphatic heterocycles. The van der Waals surface area contributed by atoms with Gasteiger partial charge < -0.3 is 19.9 Å². The maximum absolute atomic E-state index is 12.8. The molecule has 0 spiro atoms. The summed E-state index contributed by atoms with van der Waals surface area (Å²) in [4.78, 5) is 38.2. The average molecular weight is 443 g/mol. The normalized spacial score (nSPS) is 18.8. The van der Waals surface area contributed by atoms with Crippen LogP contribution in [0.5, 0.6) is 5.75 Å². The third kappa shape index (κ3) is 4.88. The molecule has 2 amide bonds. The molecule has 31 heavy (non-hydrogen) atoms. The Bertz CT molecular complexity index is 992. The summed E-state index contributed by atoms with van der Waals surface area (Å²) in [5.74, 6) is 1.20. The summed E-state index contributed by atoms with van der Waals surface area (Å²) in [6.45, 7) is 2.79. The van der Waals surface area contributed by atoms with Gasteiger partial charge in [0.25, 0.3) is 0 Å². The predicted octanol–water partition coefficient (Wildman–Crippen LogP) is 1.75. The second-order valence-corrected chi connectivity index (χ2v) is 7.65. The van der Waals surface area contributed by atoms with Crippen molar-refractivity contribution in [2.45, 2.75) is 12.5 Å². The van der Waals surface area contributed by atoms with Crippen LogP contribution < -0.4 is 20.3 Å². The molecule has 1 saturated heterocycles. The van der Waals surface area contributed by atoms with Crippen molar-refractivity contribution in [1.82, 2.24) is 15.2 Å². The number of anilines is 2. The van der Waals surface area contributed by atoms with E-state index in [1.165, 1.54) is 7.11 Å². The summed E-state index contributed by atoms with van der Waals surface area (Å²) in [6, 6.07) is 9.92. The van der Waals surface area contributed by atoms with Crippen molar-refractivity contribution in [3.05, 3.63) is 47.6 Å². The second-order valence-electron chi connectivity index (χ2n) is 7.22. The minimum absolute atomic E-state index is 0.0217. The largest absolute Gasteiger partial charge is 0.495 e. The minimum Gasteiger partial charge on any atom is -0.495 e. The van der Waals surface area contributed by atoms with E-state index in [1.54, 1.807) is 24.4 Å². The number of nitrogens with zero attached hydrogens (tertiary/aromatic N) is 4. The van der Waals surface area contributed by atoms with Gasteiger partial charge in [0, 0.05) is 37.4 Å². The molecule has 1 aromatic heterocycles. The highest BCUT2D eigenvalue weighted by atomic mass is 35.5. The van der Waals surface area contributed by atoms with Crippen LogP contribution in [0.15, 0.2) is 47.6 Å². The molecule has 9 nitrogen and oxygen atoms in total. The number of pyridine rings is 1. The smallest absolute Gasteiger partial charge is 0.249 e. The minimum atomic E-state index is -0.832. The summed E-state index contributed by atoms with van der Waals surface area (Å²) in [7, 11) is 1.51. The van der Waals surface area contributed by atoms with Crippen molar-refractivity contribution in [1.29, 1.82) is 0 Å². The number of benzene rings is 1. The number of guanidine groups is 1. The quantitative estimate of drug-likeness (QED) is 0.748. The van der Waals surface area contributed by atoms with E-state index in [4.69, 9.17) is 16.3 Å². The summed E-state index contributed by atoms with van der Waals surface area (Å²) in [5.41, 5.74) is 0.437. The van der Waals surface area contributed by atoms with Gasteiger partial charge in [0.15, 0.2) is 0 Å². The molecule has 4 rings (SSSR count). The lowest BCUT2D eigenvalue weighted by molar-refractivity contribution is -0.125. The number of aliphatic imine (C=N–C) groups is 1. The molecule has 2 aliphatic rings. The number of piperazine rings is 1. The Morgan fingerprint density at radius 2 is 1.97 bits per heavy atom. The SMILES string of the molecule is COc1ccc(Cl)cc1NC(=O)[C@H]1CC(=O)NC(N2CCN(c3ccccn3)CC2)=N1. The number of hydrogen-bond donors (Lipinski definition) is 2. The monoisotopic (exact) mass is 442 g/mol. The van der Waals surface area contributed by atoms with Gasteiger partial charge in [0.1, 0.15) is 17.6 Å². The summed E-state index contributed by atoms with van der Waals surface area (Å²) >= 11 is 6.03. The number of methoxy groups -OCH3 is 1. The Hall–Kier alpha value is -3.33. The first-order chi connectivity index (χ1) is 15.0. The molecule has 1 atom stereocenters. The van der Waals surface area contributed by atoms with E-state index >= 15 is 0 Å². The summed E-state index contributed by atoms with van der Waals surface area (Å²) in [5, 5.41) is 6.04. The Balaban J connectivity index is 1.44. The van der Waals surface area contributed by atoms with E-state index < -0.39 is 6.04 Å². The molecule has 0 bridgehead atoms. The van der Waals surface area contributed by atoms with Crippen LogP contribution in [0, 0.1) is 0 Å². The van der Waals surface area contributed by atoms with Gasteiger partial charge in [-0.25, -0.2) is 9.98 Å². The lowest BCUT2D eigenvalue weighted by atomic mass is 10.1. The van der Waals surface area contributed by atoms with Crippen molar-refractivity contribution >= 4 is 40.9 Å². The number of aromatic nitrogens is 1. The number of halogens is 1. The number of hydrogen-bond acceptors (Lipinski definition) is 7. The Labute approximate surface area is 185 Å². The average Bonchev–Trinajstić information content (AvgIpc) is 2.79. The molecule has 1 aromatic carbocycles. The highest BCUT2D eigenvalue weighted by Crippen LogP contribution is 2.28. The van der Waals surface area contributed by atoms with Gasteiger partial charge >= 0.3 is 0 Å². The van der Waals surface area contributed by atoms with Crippen LogP contribution in [0.1, 0.15) is 6.42 Å². The molecule has 10 heteroatoms. The molecular formula is C21H23ClN6O3. The van der Waals surface area contributed by atoms with Crippen molar-refractivity contribution in [3.63, 3.8) is 0 Å². The number of carbonyl (C=O) groups is 2. The first kappa shape index (κ1) is 20.9.